The Bertz CT molecular complexity index is 1170. The van der Waals surface area contributed by atoms with Crippen LogP contribution in [0.2, 0.25) is 0 Å². The highest BCUT2D eigenvalue weighted by Gasteiger charge is 2.47. The summed E-state index contributed by atoms with van der Waals surface area (Å²) in [4.78, 5) is 45.8. The second-order valence-electron chi connectivity index (χ2n) is 10.6. The quantitative estimate of drug-likeness (QED) is 0.414. The Hall–Kier alpha value is -3.11. The number of piperidine rings is 1. The molecule has 1 saturated heterocycles. The third-order valence-electron chi connectivity index (χ3n) is 6.24. The van der Waals surface area contributed by atoms with E-state index in [4.69, 9.17) is 10.5 Å². The highest BCUT2D eigenvalue weighted by atomic mass is 19.4. The third-order valence-corrected chi connectivity index (χ3v) is 6.24. The standard InChI is InChI=1S/C23H27F8N5O4/c1-20(2,3)40-18(39)12(17(32)36-10-21(24,25)6-4-14(36)37)8-15(38)35-7-5-11-13(9-35)33-19(23(29,30)31)34-16(11)22(26,27)28/h12,17H,4-10,32H2,1-3H3/t12-,17?/m0/s1. The van der Waals surface area contributed by atoms with Crippen LogP contribution in [0, 0.1) is 5.92 Å². The molecule has 2 N–H and O–H groups in total. The van der Waals surface area contributed by atoms with Crippen LogP contribution in [-0.2, 0) is 44.4 Å². The molecule has 2 aliphatic rings. The molecular formula is C23H27F8N5O4. The van der Waals surface area contributed by atoms with Crippen molar-refractivity contribution < 1.29 is 54.2 Å². The van der Waals surface area contributed by atoms with Crippen LogP contribution < -0.4 is 5.73 Å². The van der Waals surface area contributed by atoms with E-state index < -0.39 is 122 Å². The lowest BCUT2D eigenvalue weighted by atomic mass is 9.95. The Morgan fingerprint density at radius 3 is 2.23 bits per heavy atom. The zero-order chi connectivity index (χ0) is 30.4. The molecule has 0 spiro atoms. The maximum Gasteiger partial charge on any atom is 0.451 e. The van der Waals surface area contributed by atoms with Crippen LogP contribution >= 0.6 is 0 Å². The van der Waals surface area contributed by atoms with E-state index in [2.05, 4.69) is 9.97 Å². The number of carbonyl (C=O) groups excluding carboxylic acids is 3. The molecule has 0 aromatic carbocycles. The van der Waals surface area contributed by atoms with Crippen molar-refractivity contribution in [2.24, 2.45) is 11.7 Å². The number of alkyl halides is 8. The topological polar surface area (TPSA) is 119 Å². The molecule has 1 unspecified atom stereocenters. The number of nitrogens with two attached hydrogens (primary N) is 1. The van der Waals surface area contributed by atoms with Gasteiger partial charge in [-0.05, 0) is 27.2 Å². The molecule has 2 amide bonds. The molecule has 2 aliphatic heterocycles. The predicted octanol–water partition coefficient (Wildman–Crippen LogP) is 3.29. The molecule has 1 aromatic heterocycles. The summed E-state index contributed by atoms with van der Waals surface area (Å²) < 4.78 is 113. The Balaban J connectivity index is 1.90. The van der Waals surface area contributed by atoms with Crippen molar-refractivity contribution in [2.75, 3.05) is 13.1 Å². The highest BCUT2D eigenvalue weighted by molar-refractivity contribution is 5.85. The van der Waals surface area contributed by atoms with E-state index in [0.717, 1.165) is 4.90 Å². The van der Waals surface area contributed by atoms with Gasteiger partial charge >= 0.3 is 18.3 Å². The van der Waals surface area contributed by atoms with E-state index in [1.807, 2.05) is 0 Å². The summed E-state index contributed by atoms with van der Waals surface area (Å²) >= 11 is 0. The number of fused-ring (bicyclic) bond motifs is 1. The van der Waals surface area contributed by atoms with Gasteiger partial charge in [0.2, 0.25) is 17.6 Å². The van der Waals surface area contributed by atoms with Crippen molar-refractivity contribution in [1.82, 2.24) is 19.8 Å². The number of aromatic nitrogens is 2. The summed E-state index contributed by atoms with van der Waals surface area (Å²) in [6, 6.07) is 0. The number of hydrogen-bond acceptors (Lipinski definition) is 7. The second-order valence-corrected chi connectivity index (χ2v) is 10.6. The van der Waals surface area contributed by atoms with Crippen LogP contribution in [0.3, 0.4) is 0 Å². The molecule has 0 bridgehead atoms. The molecule has 1 aromatic rings. The first kappa shape index (κ1) is 31.4. The lowest BCUT2D eigenvalue weighted by molar-refractivity contribution is -0.170. The van der Waals surface area contributed by atoms with Gasteiger partial charge < -0.3 is 20.3 Å². The molecule has 0 radical (unpaired) electrons. The minimum Gasteiger partial charge on any atom is -0.460 e. The molecule has 9 nitrogen and oxygen atoms in total. The van der Waals surface area contributed by atoms with Crippen molar-refractivity contribution in [3.63, 3.8) is 0 Å². The summed E-state index contributed by atoms with van der Waals surface area (Å²) in [5, 5.41) is 0. The van der Waals surface area contributed by atoms with Crippen LogP contribution in [-0.4, -0.2) is 68.3 Å². The van der Waals surface area contributed by atoms with Gasteiger partial charge in [-0.2, -0.15) is 26.3 Å². The average molecular weight is 589 g/mol. The maximum absolute atomic E-state index is 14.0. The van der Waals surface area contributed by atoms with Crippen molar-refractivity contribution in [1.29, 1.82) is 0 Å². The number of halogens is 8. The number of rotatable bonds is 5. The minimum atomic E-state index is -5.31. The predicted molar refractivity (Wildman–Crippen MR) is 119 cm³/mol. The van der Waals surface area contributed by atoms with E-state index in [1.165, 1.54) is 20.8 Å². The normalized spacial score (nSPS) is 19.6. The van der Waals surface area contributed by atoms with Gasteiger partial charge in [-0.15, -0.1) is 0 Å². The lowest BCUT2D eigenvalue weighted by Gasteiger charge is -2.39. The smallest absolute Gasteiger partial charge is 0.451 e. The third kappa shape index (κ3) is 7.34. The summed E-state index contributed by atoms with van der Waals surface area (Å²) in [5.41, 5.74) is 1.87. The van der Waals surface area contributed by atoms with Crippen LogP contribution in [0.5, 0.6) is 0 Å². The van der Waals surface area contributed by atoms with Gasteiger partial charge in [0, 0.05) is 31.4 Å². The summed E-state index contributed by atoms with van der Waals surface area (Å²) in [7, 11) is 0. The molecule has 224 valence electrons. The Morgan fingerprint density at radius 1 is 1.05 bits per heavy atom. The second kappa shape index (κ2) is 10.7. The van der Waals surface area contributed by atoms with Gasteiger partial charge in [0.25, 0.3) is 5.92 Å². The fourth-order valence-electron chi connectivity index (χ4n) is 4.38. The number of hydrogen-bond donors (Lipinski definition) is 1. The number of nitrogens with zero attached hydrogens (tertiary/aromatic N) is 4. The highest BCUT2D eigenvalue weighted by Crippen LogP contribution is 2.37. The molecule has 0 saturated carbocycles. The Morgan fingerprint density at radius 2 is 1.68 bits per heavy atom. The number of esters is 1. The van der Waals surface area contributed by atoms with Crippen LogP contribution in [0.1, 0.15) is 62.8 Å². The van der Waals surface area contributed by atoms with E-state index in [9.17, 15) is 49.5 Å². The van der Waals surface area contributed by atoms with Crippen molar-refractivity contribution in [3.05, 3.63) is 22.8 Å². The van der Waals surface area contributed by atoms with Crippen molar-refractivity contribution >= 4 is 17.8 Å². The van der Waals surface area contributed by atoms with Gasteiger partial charge in [-0.25, -0.2) is 18.7 Å². The van der Waals surface area contributed by atoms with Crippen LogP contribution in [0.15, 0.2) is 0 Å². The zero-order valence-corrected chi connectivity index (χ0v) is 21.6. The molecule has 0 aliphatic carbocycles. The van der Waals surface area contributed by atoms with Crippen molar-refractivity contribution in [2.45, 2.75) is 83.0 Å². The number of ether oxygens (including phenoxy) is 1. The molecule has 3 rings (SSSR count). The van der Waals surface area contributed by atoms with E-state index in [1.54, 1.807) is 0 Å². The largest absolute Gasteiger partial charge is 0.460 e. The first-order chi connectivity index (χ1) is 18.1. The van der Waals surface area contributed by atoms with E-state index in [-0.39, 0.29) is 0 Å². The maximum atomic E-state index is 14.0. The molecular weight excluding hydrogens is 562 g/mol. The van der Waals surface area contributed by atoms with Crippen molar-refractivity contribution in [3.8, 4) is 0 Å². The fourth-order valence-corrected chi connectivity index (χ4v) is 4.38. The van der Waals surface area contributed by atoms with Gasteiger partial charge in [0.15, 0.2) is 5.69 Å². The monoisotopic (exact) mass is 589 g/mol. The SMILES string of the molecule is CC(C)(C)OC(=O)[C@@H](CC(=O)N1CCc2c(nc(C(F)(F)F)nc2C(F)(F)F)C1)C(N)N1CC(F)(F)CCC1=O. The summed E-state index contributed by atoms with van der Waals surface area (Å²) in [6.45, 7) is 2.14. The van der Waals surface area contributed by atoms with Crippen LogP contribution in [0.25, 0.3) is 0 Å². The average Bonchev–Trinajstić information content (AvgIpc) is 2.80. The molecule has 3 heterocycles. The number of likely N-dealkylation sites (tertiary alicyclic amines) is 1. The summed E-state index contributed by atoms with van der Waals surface area (Å²) in [6.07, 6.45) is -14.9. The lowest BCUT2D eigenvalue weighted by Crippen LogP contribution is -2.59. The Kier molecular flexibility index (Phi) is 8.41. The molecule has 17 heteroatoms. The first-order valence-electron chi connectivity index (χ1n) is 12.1. The van der Waals surface area contributed by atoms with Gasteiger partial charge in [-0.1, -0.05) is 0 Å². The molecule has 1 fully saturated rings. The summed E-state index contributed by atoms with van der Waals surface area (Å²) in [5.74, 6) is -9.86. The zero-order valence-electron chi connectivity index (χ0n) is 21.6. The van der Waals surface area contributed by atoms with Gasteiger partial charge in [0.1, 0.15) is 5.60 Å². The van der Waals surface area contributed by atoms with Gasteiger partial charge in [-0.3, -0.25) is 14.4 Å². The first-order valence-corrected chi connectivity index (χ1v) is 12.1. The molecule has 40 heavy (non-hydrogen) atoms. The molecule has 2 atom stereocenters. The number of amides is 2. The number of carbonyl (C=O) groups is 3. The Labute approximate surface area is 223 Å². The fraction of sp³-hybridized carbons (Fsp3) is 0.696. The van der Waals surface area contributed by atoms with Crippen LogP contribution in [0.4, 0.5) is 35.1 Å². The van der Waals surface area contributed by atoms with E-state index >= 15 is 0 Å². The minimum absolute atomic E-state index is 0.402. The van der Waals surface area contributed by atoms with Gasteiger partial charge in [0.05, 0.1) is 30.9 Å². The van der Waals surface area contributed by atoms with E-state index in [0.29, 0.717) is 4.90 Å².